The van der Waals surface area contributed by atoms with Crippen molar-refractivity contribution < 1.29 is 22.5 Å². The van der Waals surface area contributed by atoms with E-state index in [-0.39, 0.29) is 30.8 Å². The van der Waals surface area contributed by atoms with Gasteiger partial charge < -0.3 is 10.5 Å². The lowest BCUT2D eigenvalue weighted by atomic mass is 9.81. The highest BCUT2D eigenvalue weighted by Gasteiger charge is 2.49. The maximum atomic E-state index is 13.6. The highest BCUT2D eigenvalue weighted by Crippen LogP contribution is 2.40. The number of aliphatic imine (C=N–C) groups is 1. The number of amides is 1. The normalized spacial score (nSPS) is 17.6. The van der Waals surface area contributed by atoms with Crippen LogP contribution in [0.2, 0.25) is 0 Å². The van der Waals surface area contributed by atoms with E-state index in [1.54, 1.807) is 38.4 Å². The van der Waals surface area contributed by atoms with E-state index >= 15 is 0 Å². The zero-order chi connectivity index (χ0) is 25.4. The Kier molecular flexibility index (Phi) is 7.75. The molecule has 0 radical (unpaired) electrons. The maximum Gasteiger partial charge on any atom is 0.335 e. The van der Waals surface area contributed by atoms with Crippen LogP contribution in [0.25, 0.3) is 11.1 Å². The monoisotopic (exact) mass is 530 g/mol. The van der Waals surface area contributed by atoms with Gasteiger partial charge in [0.15, 0.2) is 11.5 Å². The molecule has 9 nitrogen and oxygen atoms in total. The second kappa shape index (κ2) is 10.3. The van der Waals surface area contributed by atoms with Crippen LogP contribution in [0.3, 0.4) is 0 Å². The van der Waals surface area contributed by atoms with Crippen LogP contribution >= 0.6 is 12.4 Å². The van der Waals surface area contributed by atoms with Crippen LogP contribution in [0.15, 0.2) is 77.8 Å². The number of guanidine groups is 1. The SMILES string of the molecule is COc1cccc(-c2cccc(C3(c4ccc(CN(C)S(=O)(=O)O)cc4)N=C(N)N(C)C3=O)c2)c1.Cl. The highest BCUT2D eigenvalue weighted by atomic mass is 35.5. The van der Waals surface area contributed by atoms with Crippen LogP contribution in [0.1, 0.15) is 16.7 Å². The van der Waals surface area contributed by atoms with E-state index in [4.69, 9.17) is 10.5 Å². The van der Waals surface area contributed by atoms with Crippen molar-refractivity contribution in [3.63, 3.8) is 0 Å². The Morgan fingerprint density at radius 2 is 1.64 bits per heavy atom. The average Bonchev–Trinajstić information content (AvgIpc) is 3.08. The molecule has 36 heavy (non-hydrogen) atoms. The van der Waals surface area contributed by atoms with Crippen LogP contribution < -0.4 is 10.5 Å². The maximum absolute atomic E-state index is 13.6. The van der Waals surface area contributed by atoms with Gasteiger partial charge in [-0.25, -0.2) is 4.99 Å². The van der Waals surface area contributed by atoms with E-state index in [1.807, 2.05) is 48.5 Å². The summed E-state index contributed by atoms with van der Waals surface area (Å²) >= 11 is 0. The number of hydrogen-bond donors (Lipinski definition) is 2. The predicted molar refractivity (Wildman–Crippen MR) is 140 cm³/mol. The Bertz CT molecular complexity index is 1410. The van der Waals surface area contributed by atoms with E-state index in [9.17, 15) is 17.8 Å². The molecule has 1 aliphatic heterocycles. The van der Waals surface area contributed by atoms with Gasteiger partial charge in [0, 0.05) is 20.6 Å². The summed E-state index contributed by atoms with van der Waals surface area (Å²) in [4.78, 5) is 19.5. The number of likely N-dealkylation sites (N-methyl/N-ethyl adjacent to an activating group) is 1. The molecule has 0 fully saturated rings. The van der Waals surface area contributed by atoms with E-state index in [1.165, 1.54) is 11.9 Å². The summed E-state index contributed by atoms with van der Waals surface area (Å²) in [5.74, 6) is 0.504. The summed E-state index contributed by atoms with van der Waals surface area (Å²) in [6.45, 7) is -0.0311. The summed E-state index contributed by atoms with van der Waals surface area (Å²) in [5.41, 5.74) is 8.33. The fraction of sp³-hybridized carbons (Fsp3) is 0.200. The van der Waals surface area contributed by atoms with Gasteiger partial charge in [-0.2, -0.15) is 12.7 Å². The highest BCUT2D eigenvalue weighted by molar-refractivity contribution is 7.83. The van der Waals surface area contributed by atoms with Gasteiger partial charge in [0.2, 0.25) is 0 Å². The summed E-state index contributed by atoms with van der Waals surface area (Å²) in [6, 6.07) is 22.0. The molecular formula is C25H27ClN4O5S. The minimum atomic E-state index is -4.32. The molecule has 0 bridgehead atoms. The molecule has 4 rings (SSSR count). The Morgan fingerprint density at radius 3 is 2.19 bits per heavy atom. The summed E-state index contributed by atoms with van der Waals surface area (Å²) in [7, 11) is 0.134. The smallest absolute Gasteiger partial charge is 0.335 e. The number of benzene rings is 3. The molecule has 0 aliphatic carbocycles. The minimum Gasteiger partial charge on any atom is -0.497 e. The largest absolute Gasteiger partial charge is 0.497 e. The number of nitrogens with two attached hydrogens (primary N) is 1. The predicted octanol–water partition coefficient (Wildman–Crippen LogP) is 3.05. The zero-order valence-corrected chi connectivity index (χ0v) is 21.6. The lowest BCUT2D eigenvalue weighted by molar-refractivity contribution is -0.129. The summed E-state index contributed by atoms with van der Waals surface area (Å²) in [6.07, 6.45) is 0. The molecule has 1 aliphatic rings. The lowest BCUT2D eigenvalue weighted by Crippen LogP contribution is -2.41. The van der Waals surface area contributed by atoms with Gasteiger partial charge in [-0.1, -0.05) is 54.6 Å². The van der Waals surface area contributed by atoms with Crippen molar-refractivity contribution in [3.8, 4) is 16.9 Å². The molecule has 1 amide bonds. The molecule has 0 saturated heterocycles. The van der Waals surface area contributed by atoms with E-state index in [2.05, 4.69) is 4.99 Å². The third-order valence-corrected chi connectivity index (χ3v) is 7.01. The van der Waals surface area contributed by atoms with Crippen molar-refractivity contribution in [2.75, 3.05) is 21.2 Å². The summed E-state index contributed by atoms with van der Waals surface area (Å²) in [5, 5.41) is 0. The first-order chi connectivity index (χ1) is 16.6. The topological polar surface area (TPSA) is 126 Å². The first kappa shape index (κ1) is 27.2. The van der Waals surface area contributed by atoms with Crippen molar-refractivity contribution in [3.05, 3.63) is 89.5 Å². The van der Waals surface area contributed by atoms with Crippen LogP contribution in [0.4, 0.5) is 0 Å². The number of carbonyl (C=O) groups excluding carboxylic acids is 1. The molecule has 190 valence electrons. The van der Waals surface area contributed by atoms with Crippen molar-refractivity contribution in [2.45, 2.75) is 12.1 Å². The van der Waals surface area contributed by atoms with Crippen LogP contribution in [0.5, 0.6) is 5.75 Å². The third-order valence-electron chi connectivity index (χ3n) is 6.09. The zero-order valence-electron chi connectivity index (χ0n) is 20.0. The molecule has 11 heteroatoms. The fourth-order valence-electron chi connectivity index (χ4n) is 4.10. The number of hydrogen-bond acceptors (Lipinski definition) is 6. The molecule has 3 aromatic carbocycles. The van der Waals surface area contributed by atoms with Crippen LogP contribution in [-0.2, 0) is 27.2 Å². The molecule has 3 aromatic rings. The molecule has 1 heterocycles. The van der Waals surface area contributed by atoms with Crippen molar-refractivity contribution >= 4 is 34.6 Å². The lowest BCUT2D eigenvalue weighted by Gasteiger charge is -2.27. The molecule has 0 saturated carbocycles. The standard InChI is InChI=1S/C25H26N4O5S.ClH/c1-28(35(31,32)33)16-17-10-12-20(13-11-17)25(23(30)29(2)24(26)27-25)21-8-4-6-18(14-21)19-7-5-9-22(15-19)34-3;/h4-15H,16H2,1-3H3,(H2,26,27)(H,31,32,33);1H. The number of nitrogens with zero attached hydrogens (tertiary/aromatic N) is 3. The molecule has 3 N–H and O–H groups in total. The van der Waals surface area contributed by atoms with Gasteiger partial charge in [0.25, 0.3) is 5.91 Å². The van der Waals surface area contributed by atoms with Gasteiger partial charge in [-0.05, 0) is 46.0 Å². The summed E-state index contributed by atoms with van der Waals surface area (Å²) < 4.78 is 38.1. The average molecular weight is 531 g/mol. The third kappa shape index (κ3) is 4.93. The van der Waals surface area contributed by atoms with Crippen LogP contribution in [-0.4, -0.2) is 55.2 Å². The molecular weight excluding hydrogens is 504 g/mol. The number of methoxy groups -OCH3 is 1. The molecule has 0 spiro atoms. The quantitative estimate of drug-likeness (QED) is 0.452. The Balaban J connectivity index is 0.00000361. The van der Waals surface area contributed by atoms with E-state index < -0.39 is 15.8 Å². The van der Waals surface area contributed by atoms with Gasteiger partial charge in [0.1, 0.15) is 5.75 Å². The van der Waals surface area contributed by atoms with Crippen molar-refractivity contribution in [1.82, 2.24) is 9.21 Å². The number of ether oxygens (including phenoxy) is 1. The number of rotatable bonds is 7. The Hall–Kier alpha value is -3.44. The minimum absolute atomic E-state index is 0. The van der Waals surface area contributed by atoms with E-state index in [0.29, 0.717) is 22.4 Å². The molecule has 1 atom stereocenters. The second-order valence-electron chi connectivity index (χ2n) is 8.29. The fourth-order valence-corrected chi connectivity index (χ4v) is 4.41. The second-order valence-corrected chi connectivity index (χ2v) is 9.81. The Morgan fingerprint density at radius 1 is 1.03 bits per heavy atom. The van der Waals surface area contributed by atoms with Gasteiger partial charge in [0.05, 0.1) is 7.11 Å². The molecule has 1 unspecified atom stereocenters. The van der Waals surface area contributed by atoms with E-state index in [0.717, 1.165) is 15.4 Å². The first-order valence-corrected chi connectivity index (χ1v) is 12.1. The van der Waals surface area contributed by atoms with Gasteiger partial charge in [-0.3, -0.25) is 14.2 Å². The van der Waals surface area contributed by atoms with Crippen LogP contribution in [0, 0.1) is 0 Å². The Labute approximate surface area is 216 Å². The first-order valence-electron chi connectivity index (χ1n) is 10.7. The van der Waals surface area contributed by atoms with Gasteiger partial charge >= 0.3 is 10.3 Å². The van der Waals surface area contributed by atoms with Crippen molar-refractivity contribution in [2.24, 2.45) is 10.7 Å². The van der Waals surface area contributed by atoms with Gasteiger partial charge in [-0.15, -0.1) is 12.4 Å². The number of halogens is 1. The van der Waals surface area contributed by atoms with Crippen molar-refractivity contribution in [1.29, 1.82) is 0 Å². The molecule has 0 aromatic heterocycles. The number of carbonyl (C=O) groups is 1.